The van der Waals surface area contributed by atoms with Crippen molar-refractivity contribution in [1.82, 2.24) is 0 Å². The molecule has 2 fully saturated rings. The van der Waals surface area contributed by atoms with Crippen LogP contribution in [0.3, 0.4) is 0 Å². The number of halogens is 3. The Hall–Kier alpha value is -0.330. The first-order valence-corrected chi connectivity index (χ1v) is 8.26. The number of alkyl halides is 3. The van der Waals surface area contributed by atoms with Gasteiger partial charge in [-0.2, -0.15) is 13.2 Å². The van der Waals surface area contributed by atoms with E-state index in [4.69, 9.17) is 4.74 Å². The Morgan fingerprint density at radius 2 is 1.95 bits per heavy atom. The lowest BCUT2D eigenvalue weighted by Crippen LogP contribution is -2.40. The molecule has 1 aliphatic heterocycles. The van der Waals surface area contributed by atoms with Crippen LogP contribution in [0.2, 0.25) is 0 Å². The molecule has 6 heteroatoms. The second kappa shape index (κ2) is 7.49. The summed E-state index contributed by atoms with van der Waals surface area (Å²) in [6.07, 6.45) is -0.244. The Morgan fingerprint density at radius 1 is 1.23 bits per heavy atom. The molecule has 1 saturated heterocycles. The second-order valence-electron chi connectivity index (χ2n) is 6.92. The normalized spacial score (nSPS) is 36.3. The third-order valence-electron chi connectivity index (χ3n) is 5.33. The number of ether oxygens (including phenoxy) is 2. The van der Waals surface area contributed by atoms with Crippen molar-refractivity contribution in [2.45, 2.75) is 64.5 Å². The van der Waals surface area contributed by atoms with E-state index in [0.29, 0.717) is 18.4 Å². The van der Waals surface area contributed by atoms with Gasteiger partial charge in [0.1, 0.15) is 6.61 Å². The van der Waals surface area contributed by atoms with Crippen molar-refractivity contribution in [2.24, 2.45) is 23.7 Å². The molecule has 1 aliphatic carbocycles. The van der Waals surface area contributed by atoms with Crippen molar-refractivity contribution in [3.8, 4) is 0 Å². The van der Waals surface area contributed by atoms with Crippen molar-refractivity contribution in [2.75, 3.05) is 13.2 Å². The highest BCUT2D eigenvalue weighted by Gasteiger charge is 2.41. The zero-order chi connectivity index (χ0) is 16.3. The zero-order valence-corrected chi connectivity index (χ0v) is 13.3. The molecular formula is C16H27F3O3. The average Bonchev–Trinajstić information content (AvgIpc) is 2.65. The Morgan fingerprint density at radius 3 is 2.64 bits per heavy atom. The van der Waals surface area contributed by atoms with E-state index in [2.05, 4.69) is 11.7 Å². The second-order valence-corrected chi connectivity index (χ2v) is 6.92. The summed E-state index contributed by atoms with van der Waals surface area (Å²) in [6, 6.07) is 0. The van der Waals surface area contributed by atoms with Gasteiger partial charge in [-0.15, -0.1) is 0 Å². The SMILES string of the molecule is CC1CCC2CCCC([C@@H](C)C(O)OCC(F)(F)F)C2CO1. The predicted molar refractivity (Wildman–Crippen MR) is 76.1 cm³/mol. The molecule has 0 radical (unpaired) electrons. The van der Waals surface area contributed by atoms with E-state index < -0.39 is 19.1 Å². The number of hydrogen-bond donors (Lipinski definition) is 1. The molecular weight excluding hydrogens is 297 g/mol. The van der Waals surface area contributed by atoms with Crippen molar-refractivity contribution < 1.29 is 27.8 Å². The van der Waals surface area contributed by atoms with E-state index >= 15 is 0 Å². The van der Waals surface area contributed by atoms with Crippen molar-refractivity contribution >= 4 is 0 Å². The molecule has 0 amide bonds. The first-order chi connectivity index (χ1) is 10.3. The van der Waals surface area contributed by atoms with E-state index in [-0.39, 0.29) is 17.9 Å². The minimum atomic E-state index is -4.41. The van der Waals surface area contributed by atoms with Gasteiger partial charge in [0.15, 0.2) is 6.29 Å². The lowest BCUT2D eigenvalue weighted by molar-refractivity contribution is -0.234. The summed E-state index contributed by atoms with van der Waals surface area (Å²) >= 11 is 0. The molecule has 22 heavy (non-hydrogen) atoms. The van der Waals surface area contributed by atoms with Gasteiger partial charge in [-0.1, -0.05) is 19.8 Å². The highest BCUT2D eigenvalue weighted by molar-refractivity contribution is 4.87. The van der Waals surface area contributed by atoms with Gasteiger partial charge in [-0.3, -0.25) is 0 Å². The number of hydrogen-bond acceptors (Lipinski definition) is 3. The first kappa shape index (κ1) is 18.0. The maximum Gasteiger partial charge on any atom is 0.411 e. The standard InChI is InChI=1S/C16H27F3O3/c1-10-6-7-12-4-3-5-13(14(12)8-21-10)11(2)15(20)22-9-16(17,18)19/h10-15,20H,3-9H2,1-2H3/t10?,11-,12?,13?,14?,15?/m1/s1. The molecule has 0 aromatic carbocycles. The largest absolute Gasteiger partial charge is 0.411 e. The fourth-order valence-electron chi connectivity index (χ4n) is 4.01. The Bertz CT molecular complexity index is 348. The van der Waals surface area contributed by atoms with Crippen LogP contribution in [0, 0.1) is 23.7 Å². The minimum Gasteiger partial charge on any atom is -0.378 e. The van der Waals surface area contributed by atoms with E-state index in [9.17, 15) is 18.3 Å². The Kier molecular flexibility index (Phi) is 6.14. The van der Waals surface area contributed by atoms with Gasteiger partial charge < -0.3 is 14.6 Å². The third-order valence-corrected chi connectivity index (χ3v) is 5.33. The molecule has 0 spiro atoms. The zero-order valence-electron chi connectivity index (χ0n) is 13.3. The molecule has 3 nitrogen and oxygen atoms in total. The van der Waals surface area contributed by atoms with Crippen LogP contribution in [0.15, 0.2) is 0 Å². The lowest BCUT2D eigenvalue weighted by Gasteiger charge is -2.41. The summed E-state index contributed by atoms with van der Waals surface area (Å²) in [5.41, 5.74) is 0. The van der Waals surface area contributed by atoms with Gasteiger partial charge >= 0.3 is 6.18 Å². The molecule has 0 aromatic heterocycles. The molecule has 1 saturated carbocycles. The molecule has 2 rings (SSSR count). The van der Waals surface area contributed by atoms with E-state index in [1.807, 2.05) is 0 Å². The fraction of sp³-hybridized carbons (Fsp3) is 1.00. The van der Waals surface area contributed by atoms with Crippen LogP contribution in [0.4, 0.5) is 13.2 Å². The molecule has 130 valence electrons. The minimum absolute atomic E-state index is 0.160. The summed E-state index contributed by atoms with van der Waals surface area (Å²) in [4.78, 5) is 0. The van der Waals surface area contributed by atoms with E-state index in [1.54, 1.807) is 6.92 Å². The number of aliphatic hydroxyl groups excluding tert-OH is 1. The van der Waals surface area contributed by atoms with Gasteiger partial charge in [0, 0.05) is 5.92 Å². The highest BCUT2D eigenvalue weighted by Crippen LogP contribution is 2.44. The van der Waals surface area contributed by atoms with Gasteiger partial charge in [-0.05, 0) is 43.9 Å². The highest BCUT2D eigenvalue weighted by atomic mass is 19.4. The summed E-state index contributed by atoms with van der Waals surface area (Å²) < 4.78 is 47.2. The number of aliphatic hydroxyl groups is 1. The maximum absolute atomic E-state index is 12.2. The van der Waals surface area contributed by atoms with E-state index in [0.717, 1.165) is 32.1 Å². The smallest absolute Gasteiger partial charge is 0.378 e. The Balaban J connectivity index is 1.96. The molecule has 1 heterocycles. The average molecular weight is 324 g/mol. The Labute approximate surface area is 130 Å². The molecule has 5 unspecified atom stereocenters. The summed E-state index contributed by atoms with van der Waals surface area (Å²) in [5, 5.41) is 9.98. The van der Waals surface area contributed by atoms with Crippen LogP contribution in [-0.2, 0) is 9.47 Å². The van der Waals surface area contributed by atoms with Gasteiger partial charge in [0.2, 0.25) is 0 Å². The van der Waals surface area contributed by atoms with Crippen LogP contribution >= 0.6 is 0 Å². The molecule has 6 atom stereocenters. The molecule has 2 aliphatic rings. The number of fused-ring (bicyclic) bond motifs is 1. The third kappa shape index (κ3) is 4.83. The van der Waals surface area contributed by atoms with Crippen LogP contribution in [-0.4, -0.2) is 36.9 Å². The summed E-state index contributed by atoms with van der Waals surface area (Å²) in [5.74, 6) is 0.721. The van der Waals surface area contributed by atoms with Crippen LogP contribution < -0.4 is 0 Å². The van der Waals surface area contributed by atoms with Crippen molar-refractivity contribution in [3.63, 3.8) is 0 Å². The van der Waals surface area contributed by atoms with Crippen LogP contribution in [0.5, 0.6) is 0 Å². The van der Waals surface area contributed by atoms with Gasteiger partial charge in [0.05, 0.1) is 12.7 Å². The first-order valence-electron chi connectivity index (χ1n) is 8.26. The monoisotopic (exact) mass is 324 g/mol. The topological polar surface area (TPSA) is 38.7 Å². The summed E-state index contributed by atoms with van der Waals surface area (Å²) in [7, 11) is 0. The lowest BCUT2D eigenvalue weighted by atomic mass is 9.66. The van der Waals surface area contributed by atoms with Gasteiger partial charge in [0.25, 0.3) is 0 Å². The molecule has 0 aromatic rings. The van der Waals surface area contributed by atoms with Crippen molar-refractivity contribution in [1.29, 1.82) is 0 Å². The number of rotatable bonds is 4. The van der Waals surface area contributed by atoms with E-state index in [1.165, 1.54) is 0 Å². The van der Waals surface area contributed by atoms with Crippen LogP contribution in [0.25, 0.3) is 0 Å². The molecule has 0 bridgehead atoms. The van der Waals surface area contributed by atoms with Gasteiger partial charge in [-0.25, -0.2) is 0 Å². The fourth-order valence-corrected chi connectivity index (χ4v) is 4.01. The summed E-state index contributed by atoms with van der Waals surface area (Å²) in [6.45, 7) is 3.11. The maximum atomic E-state index is 12.2. The van der Waals surface area contributed by atoms with Crippen LogP contribution in [0.1, 0.15) is 46.0 Å². The predicted octanol–water partition coefficient (Wildman–Crippen LogP) is 3.75. The quantitative estimate of drug-likeness (QED) is 0.801. The molecule has 1 N–H and O–H groups in total. The van der Waals surface area contributed by atoms with Crippen molar-refractivity contribution in [3.05, 3.63) is 0 Å².